The third-order valence-corrected chi connectivity index (χ3v) is 3.33. The van der Waals surface area contributed by atoms with Crippen LogP contribution in [0.2, 0.25) is 0 Å². The van der Waals surface area contributed by atoms with Gasteiger partial charge in [-0.2, -0.15) is 0 Å². The van der Waals surface area contributed by atoms with Crippen molar-refractivity contribution in [1.29, 1.82) is 0 Å². The maximum Gasteiger partial charge on any atom is 0.322 e. The van der Waals surface area contributed by atoms with E-state index in [4.69, 9.17) is 4.74 Å². The minimum absolute atomic E-state index is 0.0421. The molecular formula is C18H14F3NO4. The Labute approximate surface area is 146 Å². The summed E-state index contributed by atoms with van der Waals surface area (Å²) in [7, 11) is 0. The van der Waals surface area contributed by atoms with Gasteiger partial charge < -0.3 is 9.84 Å². The molecule has 2 aromatic carbocycles. The number of carbonyl (C=O) groups is 2. The zero-order valence-corrected chi connectivity index (χ0v) is 13.6. The Balaban J connectivity index is 2.44. The van der Waals surface area contributed by atoms with Crippen LogP contribution < -0.4 is 0 Å². The highest BCUT2D eigenvalue weighted by Gasteiger charge is 2.31. The highest BCUT2D eigenvalue weighted by Crippen LogP contribution is 2.25. The van der Waals surface area contributed by atoms with Crippen LogP contribution >= 0.6 is 0 Å². The monoisotopic (exact) mass is 365 g/mol. The number of esters is 1. The summed E-state index contributed by atoms with van der Waals surface area (Å²) in [5.74, 6) is -8.57. The van der Waals surface area contributed by atoms with Crippen LogP contribution in [-0.4, -0.2) is 29.7 Å². The molecule has 0 bridgehead atoms. The Morgan fingerprint density at radius 3 is 2.58 bits per heavy atom. The van der Waals surface area contributed by atoms with Crippen LogP contribution in [0.1, 0.15) is 17.3 Å². The smallest absolute Gasteiger partial charge is 0.322 e. The Kier molecular flexibility index (Phi) is 6.11. The van der Waals surface area contributed by atoms with Gasteiger partial charge >= 0.3 is 5.97 Å². The van der Waals surface area contributed by atoms with Gasteiger partial charge in [0, 0.05) is 12.3 Å². The first-order chi connectivity index (χ1) is 12.3. The lowest BCUT2D eigenvalue weighted by Gasteiger charge is -2.11. The van der Waals surface area contributed by atoms with Crippen LogP contribution in [0.25, 0.3) is 0 Å². The van der Waals surface area contributed by atoms with E-state index in [1.54, 1.807) is 6.07 Å². The maximum absolute atomic E-state index is 13.9. The average Bonchev–Trinajstić information content (AvgIpc) is 2.59. The molecule has 1 N–H and O–H groups in total. The highest BCUT2D eigenvalue weighted by molar-refractivity contribution is 6.18. The molecule has 0 radical (unpaired) electrons. The predicted octanol–water partition coefficient (Wildman–Crippen LogP) is 3.57. The first-order valence-electron chi connectivity index (χ1n) is 7.52. The fraction of sp³-hybridized carbons (Fsp3) is 0.167. The summed E-state index contributed by atoms with van der Waals surface area (Å²) in [6.07, 6.45) is 0.831. The van der Waals surface area contributed by atoms with E-state index in [2.05, 4.69) is 4.99 Å². The van der Waals surface area contributed by atoms with Crippen LogP contribution in [0.4, 0.5) is 18.9 Å². The molecule has 2 rings (SSSR count). The quantitative estimate of drug-likeness (QED) is 0.279. The Morgan fingerprint density at radius 1 is 1.23 bits per heavy atom. The van der Waals surface area contributed by atoms with E-state index in [0.717, 1.165) is 6.21 Å². The zero-order chi connectivity index (χ0) is 19.3. The molecule has 136 valence electrons. The molecule has 0 saturated heterocycles. The largest absolute Gasteiger partial charge is 0.506 e. The van der Waals surface area contributed by atoms with Crippen LogP contribution in [0.5, 0.6) is 5.75 Å². The third-order valence-electron chi connectivity index (χ3n) is 3.33. The van der Waals surface area contributed by atoms with E-state index in [0.29, 0.717) is 6.07 Å². The second-order valence-electron chi connectivity index (χ2n) is 5.11. The molecule has 0 spiro atoms. The molecule has 2 aromatic rings. The molecule has 8 heteroatoms. The molecule has 0 aliphatic carbocycles. The number of hydrogen-bond acceptors (Lipinski definition) is 5. The molecule has 1 atom stereocenters. The second kappa shape index (κ2) is 8.28. The summed E-state index contributed by atoms with van der Waals surface area (Å²) in [6, 6.07) is 6.58. The number of halogens is 3. The average molecular weight is 365 g/mol. The molecule has 26 heavy (non-hydrogen) atoms. The summed E-state index contributed by atoms with van der Waals surface area (Å²) in [4.78, 5) is 28.3. The van der Waals surface area contributed by atoms with E-state index < -0.39 is 40.7 Å². The number of ketones is 1. The standard InChI is InChI=1S/C18H14F3NO4/c1-2-26-18(25)12(9-22-14-5-3-4-6-15(14)23)17(24)11-7-10(19)8-13(20)16(11)21/h3-9,12,23H,2H2,1H3. The number of Topliss-reactive ketones (excluding diaryl/α,β-unsaturated/α-hetero) is 1. The van der Waals surface area contributed by atoms with E-state index >= 15 is 0 Å². The molecule has 0 aliphatic heterocycles. The predicted molar refractivity (Wildman–Crippen MR) is 87.0 cm³/mol. The van der Waals surface area contributed by atoms with Gasteiger partial charge in [0.1, 0.15) is 17.3 Å². The van der Waals surface area contributed by atoms with Crippen molar-refractivity contribution in [2.75, 3.05) is 6.61 Å². The fourth-order valence-corrected chi connectivity index (χ4v) is 2.10. The van der Waals surface area contributed by atoms with Crippen molar-refractivity contribution >= 4 is 23.7 Å². The summed E-state index contributed by atoms with van der Waals surface area (Å²) in [6.45, 7) is 1.41. The van der Waals surface area contributed by atoms with Gasteiger partial charge in [0.2, 0.25) is 0 Å². The van der Waals surface area contributed by atoms with Gasteiger partial charge in [-0.15, -0.1) is 0 Å². The highest BCUT2D eigenvalue weighted by atomic mass is 19.2. The van der Waals surface area contributed by atoms with Crippen molar-refractivity contribution in [1.82, 2.24) is 0 Å². The Hall–Kier alpha value is -3.16. The summed E-state index contributed by atoms with van der Waals surface area (Å²) in [5.41, 5.74) is -0.898. The number of phenols is 1. The fourth-order valence-electron chi connectivity index (χ4n) is 2.10. The number of nitrogens with zero attached hydrogens (tertiary/aromatic N) is 1. The first-order valence-corrected chi connectivity index (χ1v) is 7.52. The molecule has 0 aromatic heterocycles. The minimum atomic E-state index is -1.75. The lowest BCUT2D eigenvalue weighted by molar-refractivity contribution is -0.143. The zero-order valence-electron chi connectivity index (χ0n) is 13.6. The van der Waals surface area contributed by atoms with E-state index in [9.17, 15) is 27.9 Å². The Morgan fingerprint density at radius 2 is 1.92 bits per heavy atom. The number of para-hydroxylation sites is 2. The van der Waals surface area contributed by atoms with E-state index in [1.165, 1.54) is 25.1 Å². The SMILES string of the molecule is CCOC(=O)C(C=Nc1ccccc1O)C(=O)c1cc(F)cc(F)c1F. The van der Waals surface area contributed by atoms with Crippen LogP contribution in [0.15, 0.2) is 41.4 Å². The number of aliphatic imine (C=N–C) groups is 1. The topological polar surface area (TPSA) is 76.0 Å². The molecule has 0 heterocycles. The van der Waals surface area contributed by atoms with Crippen molar-refractivity contribution < 1.29 is 32.6 Å². The number of rotatable bonds is 6. The lowest BCUT2D eigenvalue weighted by atomic mass is 9.97. The normalized spacial score (nSPS) is 12.2. The van der Waals surface area contributed by atoms with Gasteiger partial charge in [-0.3, -0.25) is 14.6 Å². The number of phenolic OH excluding ortho intramolecular Hbond substituents is 1. The lowest BCUT2D eigenvalue weighted by Crippen LogP contribution is -2.28. The van der Waals surface area contributed by atoms with Gasteiger partial charge in [0.15, 0.2) is 23.3 Å². The van der Waals surface area contributed by atoms with Crippen LogP contribution in [0, 0.1) is 23.4 Å². The van der Waals surface area contributed by atoms with E-state index in [1.807, 2.05) is 0 Å². The third kappa shape index (κ3) is 4.27. The summed E-state index contributed by atoms with van der Waals surface area (Å²) >= 11 is 0. The van der Waals surface area contributed by atoms with E-state index in [-0.39, 0.29) is 24.1 Å². The molecule has 1 unspecified atom stereocenters. The minimum Gasteiger partial charge on any atom is -0.506 e. The van der Waals surface area contributed by atoms with Crippen molar-refractivity contribution in [2.45, 2.75) is 6.92 Å². The van der Waals surface area contributed by atoms with Crippen molar-refractivity contribution in [2.24, 2.45) is 10.9 Å². The number of benzene rings is 2. The van der Waals surface area contributed by atoms with Crippen molar-refractivity contribution in [3.8, 4) is 5.75 Å². The molecule has 0 fully saturated rings. The van der Waals surface area contributed by atoms with Gasteiger partial charge in [-0.1, -0.05) is 12.1 Å². The Bertz CT molecular complexity index is 868. The summed E-state index contributed by atoms with van der Waals surface area (Å²) < 4.78 is 45.3. The van der Waals surface area contributed by atoms with Crippen LogP contribution in [0.3, 0.4) is 0 Å². The number of hydrogen-bond donors (Lipinski definition) is 1. The van der Waals surface area contributed by atoms with Gasteiger partial charge in [0.25, 0.3) is 0 Å². The maximum atomic E-state index is 13.9. The molecule has 0 saturated carbocycles. The van der Waals surface area contributed by atoms with Gasteiger partial charge in [-0.05, 0) is 25.1 Å². The second-order valence-corrected chi connectivity index (χ2v) is 5.11. The molecular weight excluding hydrogens is 351 g/mol. The molecule has 0 amide bonds. The first kappa shape index (κ1) is 19.2. The number of ether oxygens (including phenoxy) is 1. The summed E-state index contributed by atoms with van der Waals surface area (Å²) in [5, 5.41) is 9.66. The van der Waals surface area contributed by atoms with Crippen molar-refractivity contribution in [3.63, 3.8) is 0 Å². The van der Waals surface area contributed by atoms with Gasteiger partial charge in [-0.25, -0.2) is 13.2 Å². The van der Waals surface area contributed by atoms with Crippen molar-refractivity contribution in [3.05, 3.63) is 59.4 Å². The molecule has 5 nitrogen and oxygen atoms in total. The van der Waals surface area contributed by atoms with Gasteiger partial charge in [0.05, 0.1) is 12.2 Å². The van der Waals surface area contributed by atoms with Crippen LogP contribution in [-0.2, 0) is 9.53 Å². The number of carbonyl (C=O) groups excluding carboxylic acids is 2. The molecule has 0 aliphatic rings. The number of aromatic hydroxyl groups is 1.